The number of carbonyl (C=O) groups is 2. The van der Waals surface area contributed by atoms with Crippen molar-refractivity contribution in [1.82, 2.24) is 0 Å². The maximum Gasteiger partial charge on any atom is 0.311 e. The largest absolute Gasteiger partial charge is 0.422 e. The number of halogens is 1. The maximum atomic E-state index is 12.3. The average molecular weight is 437 g/mol. The van der Waals surface area contributed by atoms with Crippen LogP contribution < -0.4 is 9.47 Å². The Morgan fingerprint density at radius 1 is 0.933 bits per heavy atom. The Balaban J connectivity index is 2.80. The molecule has 1 rings (SSSR count). The van der Waals surface area contributed by atoms with Crippen LogP contribution in [0.3, 0.4) is 0 Å². The van der Waals surface area contributed by atoms with Gasteiger partial charge in [0.2, 0.25) is 0 Å². The summed E-state index contributed by atoms with van der Waals surface area (Å²) in [4.78, 5) is 24.6. The number of benzene rings is 1. The zero-order valence-electron chi connectivity index (χ0n) is 19.0. The van der Waals surface area contributed by atoms with Crippen LogP contribution in [0.2, 0.25) is 5.02 Å². The molecule has 0 amide bonds. The summed E-state index contributed by atoms with van der Waals surface area (Å²) in [6.45, 7) is 12.4. The van der Waals surface area contributed by atoms with Gasteiger partial charge in [0.1, 0.15) is 0 Å². The predicted octanol–water partition coefficient (Wildman–Crippen LogP) is 7.31. The van der Waals surface area contributed by atoms with Gasteiger partial charge in [-0.2, -0.15) is 0 Å². The standard InChI is InChI=1S/C25H37ClO4/c1-6-11-20-16-21(26)25(30-24(28)15-10-8-13-19(4)5)22(17-20)29-23(27)14-9-7-12-18(2)3/h6,16-19H,1,7-15H2,2-5H3. The molecule has 0 aliphatic carbocycles. The Morgan fingerprint density at radius 3 is 1.97 bits per heavy atom. The van der Waals surface area contributed by atoms with Gasteiger partial charge in [0.15, 0.2) is 11.5 Å². The first-order chi connectivity index (χ1) is 14.2. The Morgan fingerprint density at radius 2 is 1.47 bits per heavy atom. The van der Waals surface area contributed by atoms with Crippen LogP contribution >= 0.6 is 11.6 Å². The summed E-state index contributed by atoms with van der Waals surface area (Å²) in [5, 5.41) is 0.257. The minimum Gasteiger partial charge on any atom is -0.422 e. The van der Waals surface area contributed by atoms with Crippen molar-refractivity contribution >= 4 is 23.5 Å². The van der Waals surface area contributed by atoms with Crippen LogP contribution in [0, 0.1) is 11.8 Å². The van der Waals surface area contributed by atoms with E-state index in [1.165, 1.54) is 0 Å². The van der Waals surface area contributed by atoms with E-state index >= 15 is 0 Å². The van der Waals surface area contributed by atoms with Crippen molar-refractivity contribution in [2.45, 2.75) is 85.5 Å². The van der Waals surface area contributed by atoms with Crippen LogP contribution in [0.25, 0.3) is 0 Å². The lowest BCUT2D eigenvalue weighted by molar-refractivity contribution is -0.137. The summed E-state index contributed by atoms with van der Waals surface area (Å²) in [5.41, 5.74) is 0.842. The van der Waals surface area contributed by atoms with E-state index in [1.807, 2.05) is 0 Å². The third-order valence-electron chi connectivity index (χ3n) is 4.71. The van der Waals surface area contributed by atoms with E-state index in [0.717, 1.165) is 44.1 Å². The van der Waals surface area contributed by atoms with Gasteiger partial charge in [-0.1, -0.05) is 71.1 Å². The quantitative estimate of drug-likeness (QED) is 0.133. The normalized spacial score (nSPS) is 11.0. The Labute approximate surface area is 187 Å². The molecule has 0 saturated carbocycles. The van der Waals surface area contributed by atoms with Gasteiger partial charge in [0.25, 0.3) is 0 Å². The molecule has 0 spiro atoms. The third-order valence-corrected chi connectivity index (χ3v) is 4.99. The molecular formula is C25H37ClO4. The molecule has 0 aromatic heterocycles. The summed E-state index contributed by atoms with van der Waals surface area (Å²) in [6.07, 6.45) is 8.55. The molecule has 0 N–H and O–H groups in total. The number of rotatable bonds is 14. The molecule has 5 heteroatoms. The first-order valence-electron chi connectivity index (χ1n) is 11.1. The van der Waals surface area contributed by atoms with Crippen molar-refractivity contribution in [3.05, 3.63) is 35.4 Å². The fourth-order valence-electron chi connectivity index (χ4n) is 3.06. The topological polar surface area (TPSA) is 52.6 Å². The van der Waals surface area contributed by atoms with E-state index in [-0.39, 0.29) is 28.5 Å². The van der Waals surface area contributed by atoms with Crippen LogP contribution in [0.1, 0.15) is 84.6 Å². The summed E-state index contributed by atoms with van der Waals surface area (Å²) in [7, 11) is 0. The molecule has 0 radical (unpaired) electrons. The molecule has 1 aromatic carbocycles. The molecule has 0 atom stereocenters. The molecule has 1 aromatic rings. The number of hydrogen-bond donors (Lipinski definition) is 0. The van der Waals surface area contributed by atoms with Crippen LogP contribution in [0.4, 0.5) is 0 Å². The molecule has 4 nitrogen and oxygen atoms in total. The number of esters is 2. The number of unbranched alkanes of at least 4 members (excludes halogenated alkanes) is 2. The van der Waals surface area contributed by atoms with E-state index in [1.54, 1.807) is 18.2 Å². The molecule has 0 saturated heterocycles. The second-order valence-electron chi connectivity index (χ2n) is 8.63. The highest BCUT2D eigenvalue weighted by Crippen LogP contribution is 2.37. The molecule has 0 unspecified atom stereocenters. The van der Waals surface area contributed by atoms with Crippen LogP contribution in [0.5, 0.6) is 11.5 Å². The van der Waals surface area contributed by atoms with Crippen molar-refractivity contribution < 1.29 is 19.1 Å². The second kappa shape index (κ2) is 14.2. The molecule has 168 valence electrons. The summed E-state index contributed by atoms with van der Waals surface area (Å²) in [5.74, 6) is 0.824. The summed E-state index contributed by atoms with van der Waals surface area (Å²) >= 11 is 6.36. The Kier molecular flexibility index (Phi) is 12.4. The Hall–Kier alpha value is -1.81. The molecule has 0 aliphatic heterocycles. The average Bonchev–Trinajstić information content (AvgIpc) is 2.65. The third kappa shape index (κ3) is 10.8. The zero-order valence-corrected chi connectivity index (χ0v) is 19.7. The van der Waals surface area contributed by atoms with Crippen molar-refractivity contribution in [2.24, 2.45) is 11.8 Å². The second-order valence-corrected chi connectivity index (χ2v) is 9.03. The van der Waals surface area contributed by atoms with Gasteiger partial charge in [0, 0.05) is 12.8 Å². The first kappa shape index (κ1) is 26.2. The summed E-state index contributed by atoms with van der Waals surface area (Å²) in [6, 6.07) is 3.41. The highest BCUT2D eigenvalue weighted by Gasteiger charge is 2.19. The van der Waals surface area contributed by atoms with Gasteiger partial charge in [0.05, 0.1) is 5.02 Å². The van der Waals surface area contributed by atoms with Crippen LogP contribution in [0.15, 0.2) is 24.8 Å². The fraction of sp³-hybridized carbons (Fsp3) is 0.600. The smallest absolute Gasteiger partial charge is 0.311 e. The predicted molar refractivity (Wildman–Crippen MR) is 123 cm³/mol. The Bertz CT molecular complexity index is 695. The van der Waals surface area contributed by atoms with Crippen LogP contribution in [-0.4, -0.2) is 11.9 Å². The van der Waals surface area contributed by atoms with E-state index in [4.69, 9.17) is 21.1 Å². The maximum absolute atomic E-state index is 12.3. The lowest BCUT2D eigenvalue weighted by Gasteiger charge is -2.14. The highest BCUT2D eigenvalue weighted by atomic mass is 35.5. The molecule has 0 fully saturated rings. The number of ether oxygens (including phenoxy) is 2. The van der Waals surface area contributed by atoms with Gasteiger partial charge in [-0.25, -0.2) is 0 Å². The van der Waals surface area contributed by atoms with E-state index < -0.39 is 0 Å². The van der Waals surface area contributed by atoms with Gasteiger partial charge >= 0.3 is 11.9 Å². The zero-order chi connectivity index (χ0) is 22.5. The minimum atomic E-state index is -0.369. The van der Waals surface area contributed by atoms with E-state index in [9.17, 15) is 9.59 Å². The van der Waals surface area contributed by atoms with Crippen molar-refractivity contribution in [3.8, 4) is 11.5 Å². The van der Waals surface area contributed by atoms with Crippen LogP contribution in [-0.2, 0) is 16.0 Å². The molecule has 0 bridgehead atoms. The van der Waals surface area contributed by atoms with E-state index in [2.05, 4.69) is 34.3 Å². The summed E-state index contributed by atoms with van der Waals surface area (Å²) < 4.78 is 11.0. The SMILES string of the molecule is C=CCc1cc(Cl)c(OC(=O)CCCCC(C)C)c(OC(=O)CCCCC(C)C)c1. The van der Waals surface area contributed by atoms with Crippen molar-refractivity contribution in [3.63, 3.8) is 0 Å². The van der Waals surface area contributed by atoms with Gasteiger partial charge in [-0.15, -0.1) is 6.58 Å². The fourth-order valence-corrected chi connectivity index (χ4v) is 3.34. The van der Waals surface area contributed by atoms with Gasteiger partial charge in [-0.05, 0) is 48.8 Å². The van der Waals surface area contributed by atoms with E-state index in [0.29, 0.717) is 31.1 Å². The molecule has 0 heterocycles. The van der Waals surface area contributed by atoms with Gasteiger partial charge < -0.3 is 9.47 Å². The lowest BCUT2D eigenvalue weighted by Crippen LogP contribution is -2.13. The molecule has 0 aliphatic rings. The number of hydrogen-bond acceptors (Lipinski definition) is 4. The lowest BCUT2D eigenvalue weighted by atomic mass is 10.1. The first-order valence-corrected chi connectivity index (χ1v) is 11.4. The number of carbonyl (C=O) groups excluding carboxylic acids is 2. The number of allylic oxidation sites excluding steroid dienone is 1. The monoisotopic (exact) mass is 436 g/mol. The van der Waals surface area contributed by atoms with Crippen molar-refractivity contribution in [2.75, 3.05) is 0 Å². The molecular weight excluding hydrogens is 400 g/mol. The van der Waals surface area contributed by atoms with Crippen molar-refractivity contribution in [1.29, 1.82) is 0 Å². The molecule has 30 heavy (non-hydrogen) atoms. The highest BCUT2D eigenvalue weighted by molar-refractivity contribution is 6.32. The van der Waals surface area contributed by atoms with Gasteiger partial charge in [-0.3, -0.25) is 9.59 Å². The minimum absolute atomic E-state index is 0.119.